The van der Waals surface area contributed by atoms with E-state index in [9.17, 15) is 9.59 Å². The van der Waals surface area contributed by atoms with Gasteiger partial charge >= 0.3 is 0 Å². The lowest BCUT2D eigenvalue weighted by atomic mass is 9.85. The topological polar surface area (TPSA) is 49.4 Å². The third kappa shape index (κ3) is 2.80. The van der Waals surface area contributed by atoms with Crippen molar-refractivity contribution >= 4 is 23.4 Å². The predicted octanol–water partition coefficient (Wildman–Crippen LogP) is 2.36. The van der Waals surface area contributed by atoms with Crippen LogP contribution >= 0.6 is 11.6 Å². The number of hydrogen-bond acceptors (Lipinski definition) is 2. The van der Waals surface area contributed by atoms with Crippen LogP contribution in [-0.4, -0.2) is 28.8 Å². The van der Waals surface area contributed by atoms with E-state index < -0.39 is 5.54 Å². The highest BCUT2D eigenvalue weighted by Gasteiger charge is 2.48. The SMILES string of the molecule is CCC(=O)N1CCC1(C)C(=O)NCc1ccc(Cl)cc1. The van der Waals surface area contributed by atoms with Gasteiger partial charge in [-0.15, -0.1) is 0 Å². The van der Waals surface area contributed by atoms with Gasteiger partial charge in [0.05, 0.1) is 0 Å². The average molecular weight is 295 g/mol. The average Bonchev–Trinajstić information content (AvgIpc) is 2.44. The molecule has 1 aliphatic heterocycles. The summed E-state index contributed by atoms with van der Waals surface area (Å²) >= 11 is 5.82. The summed E-state index contributed by atoms with van der Waals surface area (Å²) in [7, 11) is 0. The fourth-order valence-electron chi connectivity index (χ4n) is 2.36. The Labute approximate surface area is 124 Å². The lowest BCUT2D eigenvalue weighted by molar-refractivity contribution is -0.157. The molecule has 1 fully saturated rings. The van der Waals surface area contributed by atoms with Gasteiger partial charge in [0.2, 0.25) is 11.8 Å². The van der Waals surface area contributed by atoms with E-state index in [2.05, 4.69) is 5.32 Å². The van der Waals surface area contributed by atoms with Gasteiger partial charge in [-0.05, 0) is 31.0 Å². The zero-order valence-electron chi connectivity index (χ0n) is 11.8. The van der Waals surface area contributed by atoms with E-state index in [1.807, 2.05) is 26.0 Å². The Morgan fingerprint density at radius 2 is 2.00 bits per heavy atom. The Hall–Kier alpha value is -1.55. The molecule has 1 aromatic rings. The third-order valence-corrected chi connectivity index (χ3v) is 4.13. The van der Waals surface area contributed by atoms with Crippen molar-refractivity contribution < 1.29 is 9.59 Å². The molecule has 0 saturated carbocycles. The van der Waals surface area contributed by atoms with Gasteiger partial charge < -0.3 is 10.2 Å². The van der Waals surface area contributed by atoms with Crippen LogP contribution in [0.5, 0.6) is 0 Å². The fraction of sp³-hybridized carbons (Fsp3) is 0.467. The molecule has 1 aromatic carbocycles. The van der Waals surface area contributed by atoms with E-state index in [1.165, 1.54) is 0 Å². The number of likely N-dealkylation sites (tertiary alicyclic amines) is 1. The minimum atomic E-state index is -0.695. The van der Waals surface area contributed by atoms with Crippen molar-refractivity contribution in [1.82, 2.24) is 10.2 Å². The number of nitrogens with zero attached hydrogens (tertiary/aromatic N) is 1. The first-order chi connectivity index (χ1) is 9.47. The first-order valence-electron chi connectivity index (χ1n) is 6.80. The molecule has 0 radical (unpaired) electrons. The summed E-state index contributed by atoms with van der Waals surface area (Å²) in [4.78, 5) is 25.7. The third-order valence-electron chi connectivity index (χ3n) is 3.88. The van der Waals surface area contributed by atoms with Crippen molar-refractivity contribution in [2.75, 3.05) is 6.54 Å². The number of amides is 2. The molecular weight excluding hydrogens is 276 g/mol. The van der Waals surface area contributed by atoms with Crippen molar-refractivity contribution in [3.8, 4) is 0 Å². The molecule has 5 heteroatoms. The quantitative estimate of drug-likeness (QED) is 0.927. The second kappa shape index (κ2) is 5.83. The number of halogens is 1. The van der Waals surface area contributed by atoms with Crippen molar-refractivity contribution in [3.05, 3.63) is 34.9 Å². The Morgan fingerprint density at radius 3 is 2.50 bits per heavy atom. The van der Waals surface area contributed by atoms with E-state index in [1.54, 1.807) is 17.0 Å². The first-order valence-corrected chi connectivity index (χ1v) is 7.18. The first kappa shape index (κ1) is 14.9. The molecule has 2 amide bonds. The monoisotopic (exact) mass is 294 g/mol. The lowest BCUT2D eigenvalue weighted by Crippen LogP contribution is -2.67. The maximum absolute atomic E-state index is 12.3. The fourth-order valence-corrected chi connectivity index (χ4v) is 2.49. The minimum Gasteiger partial charge on any atom is -0.350 e. The van der Waals surface area contributed by atoms with Gasteiger partial charge in [-0.3, -0.25) is 9.59 Å². The smallest absolute Gasteiger partial charge is 0.246 e. The number of benzene rings is 1. The van der Waals surface area contributed by atoms with Crippen molar-refractivity contribution in [2.24, 2.45) is 0 Å². The van der Waals surface area contributed by atoms with E-state index >= 15 is 0 Å². The van der Waals surface area contributed by atoms with Gasteiger partial charge in [0.1, 0.15) is 5.54 Å². The van der Waals surface area contributed by atoms with E-state index in [0.29, 0.717) is 31.0 Å². The molecule has 2 rings (SSSR count). The molecule has 1 heterocycles. The minimum absolute atomic E-state index is 0.0281. The summed E-state index contributed by atoms with van der Waals surface area (Å²) in [6.07, 6.45) is 1.14. The number of carbonyl (C=O) groups is 2. The van der Waals surface area contributed by atoms with Crippen molar-refractivity contribution in [2.45, 2.75) is 38.8 Å². The Bertz CT molecular complexity index is 515. The second-order valence-corrected chi connectivity index (χ2v) is 5.67. The molecule has 0 aromatic heterocycles. The summed E-state index contributed by atoms with van der Waals surface area (Å²) in [5.74, 6) is -0.0686. The normalized spacial score (nSPS) is 21.2. The van der Waals surface area contributed by atoms with Crippen LogP contribution in [0, 0.1) is 0 Å². The molecule has 108 valence electrons. The highest BCUT2D eigenvalue weighted by atomic mass is 35.5. The summed E-state index contributed by atoms with van der Waals surface area (Å²) < 4.78 is 0. The summed E-state index contributed by atoms with van der Waals surface area (Å²) in [5.41, 5.74) is 0.290. The Kier molecular flexibility index (Phi) is 4.33. The van der Waals surface area contributed by atoms with Crippen LogP contribution in [-0.2, 0) is 16.1 Å². The molecule has 0 bridgehead atoms. The van der Waals surface area contributed by atoms with Crippen LogP contribution in [0.2, 0.25) is 5.02 Å². The summed E-state index contributed by atoms with van der Waals surface area (Å²) in [6, 6.07) is 7.34. The molecule has 1 N–H and O–H groups in total. The Morgan fingerprint density at radius 1 is 1.35 bits per heavy atom. The van der Waals surface area contributed by atoms with E-state index in [4.69, 9.17) is 11.6 Å². The standard InChI is InChI=1S/C15H19ClN2O2/c1-3-13(19)18-9-8-15(18,2)14(20)17-10-11-4-6-12(16)7-5-11/h4-7H,3,8-10H2,1-2H3,(H,17,20). The van der Waals surface area contributed by atoms with Gasteiger partial charge in [0, 0.05) is 24.5 Å². The molecule has 1 unspecified atom stereocenters. The van der Waals surface area contributed by atoms with Crippen LogP contribution < -0.4 is 5.32 Å². The van der Waals surface area contributed by atoms with Crippen LogP contribution in [0.25, 0.3) is 0 Å². The molecule has 1 aliphatic rings. The van der Waals surface area contributed by atoms with Gasteiger partial charge in [-0.1, -0.05) is 30.7 Å². The largest absolute Gasteiger partial charge is 0.350 e. The second-order valence-electron chi connectivity index (χ2n) is 5.23. The highest BCUT2D eigenvalue weighted by molar-refractivity contribution is 6.30. The molecule has 1 saturated heterocycles. The summed E-state index contributed by atoms with van der Waals surface area (Å²) in [6.45, 7) is 4.74. The lowest BCUT2D eigenvalue weighted by Gasteiger charge is -2.49. The zero-order valence-corrected chi connectivity index (χ0v) is 12.5. The van der Waals surface area contributed by atoms with Gasteiger partial charge in [-0.25, -0.2) is 0 Å². The number of carbonyl (C=O) groups excluding carboxylic acids is 2. The molecule has 20 heavy (non-hydrogen) atoms. The highest BCUT2D eigenvalue weighted by Crippen LogP contribution is 2.31. The maximum Gasteiger partial charge on any atom is 0.246 e. The molecular formula is C15H19ClN2O2. The van der Waals surface area contributed by atoms with Crippen LogP contribution in [0.1, 0.15) is 32.3 Å². The Balaban J connectivity index is 1.95. The van der Waals surface area contributed by atoms with Crippen molar-refractivity contribution in [1.29, 1.82) is 0 Å². The number of nitrogens with one attached hydrogen (secondary N) is 1. The van der Waals surface area contributed by atoms with Gasteiger partial charge in [-0.2, -0.15) is 0 Å². The van der Waals surface area contributed by atoms with Gasteiger partial charge in [0.25, 0.3) is 0 Å². The van der Waals surface area contributed by atoms with Crippen molar-refractivity contribution in [3.63, 3.8) is 0 Å². The number of rotatable bonds is 4. The number of hydrogen-bond donors (Lipinski definition) is 1. The van der Waals surface area contributed by atoms with Gasteiger partial charge in [0.15, 0.2) is 0 Å². The van der Waals surface area contributed by atoms with E-state index in [-0.39, 0.29) is 11.8 Å². The molecule has 0 spiro atoms. The predicted molar refractivity (Wildman–Crippen MR) is 78.3 cm³/mol. The van der Waals surface area contributed by atoms with Crippen LogP contribution in [0.15, 0.2) is 24.3 Å². The maximum atomic E-state index is 12.3. The zero-order chi connectivity index (χ0) is 14.8. The summed E-state index contributed by atoms with van der Waals surface area (Å²) in [5, 5.41) is 3.57. The molecule has 4 nitrogen and oxygen atoms in total. The van der Waals surface area contributed by atoms with Crippen LogP contribution in [0.4, 0.5) is 0 Å². The molecule has 0 aliphatic carbocycles. The van der Waals surface area contributed by atoms with E-state index in [0.717, 1.165) is 5.56 Å². The molecule has 1 atom stereocenters. The van der Waals surface area contributed by atoms with Crippen LogP contribution in [0.3, 0.4) is 0 Å².